The number of unbranched alkanes of at least 4 members (excludes halogenated alkanes) is 21. The van der Waals surface area contributed by atoms with Crippen molar-refractivity contribution in [2.45, 2.75) is 174 Å². The third-order valence-electron chi connectivity index (χ3n) is 7.74. The first kappa shape index (κ1) is 35.4. The summed E-state index contributed by atoms with van der Waals surface area (Å²) in [5.74, 6) is -0.924. The van der Waals surface area contributed by atoms with E-state index in [-0.39, 0.29) is 12.5 Å². The van der Waals surface area contributed by atoms with Crippen LogP contribution in [0.3, 0.4) is 0 Å². The van der Waals surface area contributed by atoms with Gasteiger partial charge in [0.1, 0.15) is 12.6 Å². The Morgan fingerprint density at radius 1 is 0.611 bits per heavy atom. The number of carboxylic acids is 1. The normalized spacial score (nSPS) is 12.8. The van der Waals surface area contributed by atoms with Gasteiger partial charge in [-0.15, -0.1) is 0 Å². The molecule has 0 saturated carbocycles. The van der Waals surface area contributed by atoms with Crippen LogP contribution in [0.25, 0.3) is 0 Å². The van der Waals surface area contributed by atoms with Gasteiger partial charge in [-0.2, -0.15) is 0 Å². The van der Waals surface area contributed by atoms with Gasteiger partial charge in [-0.1, -0.05) is 135 Å². The van der Waals surface area contributed by atoms with Gasteiger partial charge in [-0.25, -0.2) is 0 Å². The Hall–Kier alpha value is -0.610. The van der Waals surface area contributed by atoms with E-state index in [4.69, 9.17) is 0 Å². The van der Waals surface area contributed by atoms with Crippen LogP contribution in [0.1, 0.15) is 167 Å². The average molecular weight is 512 g/mol. The molecule has 1 N–H and O–H groups in total. The number of aliphatic hydroxyl groups excluding tert-OH is 1. The van der Waals surface area contributed by atoms with Gasteiger partial charge in [0, 0.05) is 5.97 Å². The van der Waals surface area contributed by atoms with E-state index in [0.29, 0.717) is 0 Å². The maximum absolute atomic E-state index is 10.5. The molecule has 0 saturated heterocycles. The van der Waals surface area contributed by atoms with Crippen molar-refractivity contribution in [3.63, 3.8) is 0 Å². The summed E-state index contributed by atoms with van der Waals surface area (Å²) in [6.07, 6.45) is 30.9. The number of carbonyl (C=O) groups is 1. The highest BCUT2D eigenvalue weighted by Crippen LogP contribution is 2.16. The number of aliphatic hydroxyl groups is 1. The van der Waals surface area contributed by atoms with Gasteiger partial charge in [0.05, 0.1) is 20.6 Å². The van der Waals surface area contributed by atoms with Gasteiger partial charge in [-0.05, 0) is 32.1 Å². The first-order chi connectivity index (χ1) is 17.4. The van der Waals surface area contributed by atoms with Crippen molar-refractivity contribution in [2.24, 2.45) is 0 Å². The molecule has 0 aliphatic carbocycles. The molecule has 0 aliphatic rings. The third-order valence-corrected chi connectivity index (χ3v) is 7.74. The van der Waals surface area contributed by atoms with Crippen molar-refractivity contribution >= 4 is 5.97 Å². The Morgan fingerprint density at radius 3 is 1.39 bits per heavy atom. The molecule has 1 atom stereocenters. The molecule has 0 radical (unpaired) electrons. The van der Waals surface area contributed by atoms with Gasteiger partial charge in [-0.3, -0.25) is 0 Å². The molecule has 0 aromatic carbocycles. The largest absolute Gasteiger partial charge is 0.550 e. The van der Waals surface area contributed by atoms with E-state index in [1.807, 2.05) is 0 Å². The summed E-state index contributed by atoms with van der Waals surface area (Å²) in [5.41, 5.74) is 0. The van der Waals surface area contributed by atoms with Crippen LogP contribution >= 0.6 is 0 Å². The van der Waals surface area contributed by atoms with Gasteiger partial charge < -0.3 is 19.5 Å². The Bertz CT molecular complexity index is 466. The molecule has 0 spiro atoms. The topological polar surface area (TPSA) is 60.4 Å². The first-order valence-corrected chi connectivity index (χ1v) is 16.1. The predicted octanol–water partition coefficient (Wildman–Crippen LogP) is 7.95. The lowest BCUT2D eigenvalue weighted by atomic mass is 10.0. The van der Waals surface area contributed by atoms with Crippen LogP contribution in [0.5, 0.6) is 0 Å². The summed E-state index contributed by atoms with van der Waals surface area (Å²) in [6.45, 7) is 4.28. The number of carbonyl (C=O) groups excluding carboxylic acids is 1. The average Bonchev–Trinajstić information content (AvgIpc) is 2.82. The molecule has 0 aliphatic heterocycles. The fourth-order valence-electron chi connectivity index (χ4n) is 5.37. The SMILES string of the molecule is CCCCCCCCCCCCCCCCCCC(O)C[N+](C)(C)CCCCCCCCCC(=O)[O-]. The Kier molecular flexibility index (Phi) is 25.6. The summed E-state index contributed by atoms with van der Waals surface area (Å²) in [6, 6.07) is 0. The van der Waals surface area contributed by atoms with E-state index in [2.05, 4.69) is 21.0 Å². The molecular weight excluding hydrogens is 446 g/mol. The van der Waals surface area contributed by atoms with Crippen LogP contribution in [0, 0.1) is 0 Å². The van der Waals surface area contributed by atoms with Crippen molar-refractivity contribution in [3.8, 4) is 0 Å². The van der Waals surface area contributed by atoms with E-state index < -0.39 is 5.97 Å². The number of likely N-dealkylation sites (N-methyl/N-ethyl adjacent to an activating group) is 1. The van der Waals surface area contributed by atoms with E-state index >= 15 is 0 Å². The fourth-order valence-corrected chi connectivity index (χ4v) is 5.37. The number of aliphatic carboxylic acids is 1. The second-order valence-corrected chi connectivity index (χ2v) is 12.2. The monoisotopic (exact) mass is 511 g/mol. The minimum Gasteiger partial charge on any atom is -0.550 e. The standard InChI is InChI=1S/C32H65NO3/c1-4-5-6-7-8-9-10-11-12-13-14-15-16-18-21-24-27-31(34)30-33(2,3)29-26-23-20-17-19-22-25-28-32(35)36/h31,34H,4-30H2,1-3H3. The van der Waals surface area contributed by atoms with Crippen LogP contribution in [-0.4, -0.2) is 48.8 Å². The van der Waals surface area contributed by atoms with Gasteiger partial charge >= 0.3 is 0 Å². The lowest BCUT2D eigenvalue weighted by Gasteiger charge is -2.32. The minimum atomic E-state index is -0.924. The second kappa shape index (κ2) is 26.0. The molecule has 4 nitrogen and oxygen atoms in total. The highest BCUT2D eigenvalue weighted by atomic mass is 16.4. The lowest BCUT2D eigenvalue weighted by Crippen LogP contribution is -2.45. The van der Waals surface area contributed by atoms with E-state index in [1.54, 1.807) is 0 Å². The van der Waals surface area contributed by atoms with Crippen LogP contribution in [0.2, 0.25) is 0 Å². The van der Waals surface area contributed by atoms with Gasteiger partial charge in [0.2, 0.25) is 0 Å². The number of carboxylic acid groups (broad SMARTS) is 1. The number of hydrogen-bond donors (Lipinski definition) is 1. The van der Waals surface area contributed by atoms with Crippen molar-refractivity contribution in [2.75, 3.05) is 27.2 Å². The smallest absolute Gasteiger partial charge is 0.105 e. The highest BCUT2D eigenvalue weighted by Gasteiger charge is 2.19. The maximum Gasteiger partial charge on any atom is 0.105 e. The number of quaternary nitrogens is 1. The van der Waals surface area contributed by atoms with Crippen molar-refractivity contribution < 1.29 is 19.5 Å². The molecule has 0 bridgehead atoms. The second-order valence-electron chi connectivity index (χ2n) is 12.2. The third kappa shape index (κ3) is 28.0. The quantitative estimate of drug-likeness (QED) is 0.0818. The van der Waals surface area contributed by atoms with Crippen molar-refractivity contribution in [1.82, 2.24) is 0 Å². The molecule has 0 aromatic heterocycles. The summed E-state index contributed by atoms with van der Waals surface area (Å²) in [4.78, 5) is 10.4. The Balaban J connectivity index is 3.42. The predicted molar refractivity (Wildman–Crippen MR) is 154 cm³/mol. The van der Waals surface area contributed by atoms with E-state index in [1.165, 1.54) is 122 Å². The zero-order chi connectivity index (χ0) is 26.7. The lowest BCUT2D eigenvalue weighted by molar-refractivity contribution is -0.893. The van der Waals surface area contributed by atoms with E-state index in [0.717, 1.165) is 49.7 Å². The molecule has 0 amide bonds. The fraction of sp³-hybridized carbons (Fsp3) is 0.969. The van der Waals surface area contributed by atoms with Crippen LogP contribution in [0.4, 0.5) is 0 Å². The zero-order valence-electron chi connectivity index (χ0n) is 24.9. The summed E-state index contributed by atoms with van der Waals surface area (Å²) < 4.78 is 0.908. The summed E-state index contributed by atoms with van der Waals surface area (Å²) in [7, 11) is 4.49. The molecular formula is C32H65NO3. The molecule has 4 heteroatoms. The van der Waals surface area contributed by atoms with Crippen LogP contribution < -0.4 is 5.11 Å². The summed E-state index contributed by atoms with van der Waals surface area (Å²) >= 11 is 0. The first-order valence-electron chi connectivity index (χ1n) is 16.1. The highest BCUT2D eigenvalue weighted by molar-refractivity contribution is 5.64. The molecule has 0 aromatic rings. The Morgan fingerprint density at radius 2 is 0.972 bits per heavy atom. The Labute approximate surface area is 226 Å². The molecule has 1 unspecified atom stereocenters. The summed E-state index contributed by atoms with van der Waals surface area (Å²) in [5, 5.41) is 20.9. The van der Waals surface area contributed by atoms with Crippen LogP contribution in [0.15, 0.2) is 0 Å². The van der Waals surface area contributed by atoms with Crippen molar-refractivity contribution in [1.29, 1.82) is 0 Å². The van der Waals surface area contributed by atoms with Gasteiger partial charge in [0.25, 0.3) is 0 Å². The molecule has 0 heterocycles. The number of hydrogen-bond acceptors (Lipinski definition) is 3. The van der Waals surface area contributed by atoms with Gasteiger partial charge in [0.15, 0.2) is 0 Å². The molecule has 36 heavy (non-hydrogen) atoms. The molecule has 216 valence electrons. The van der Waals surface area contributed by atoms with E-state index in [9.17, 15) is 15.0 Å². The minimum absolute atomic E-state index is 0.171. The molecule has 0 rings (SSSR count). The maximum atomic E-state index is 10.5. The van der Waals surface area contributed by atoms with Crippen molar-refractivity contribution in [3.05, 3.63) is 0 Å². The number of rotatable bonds is 29. The molecule has 0 fully saturated rings. The zero-order valence-corrected chi connectivity index (χ0v) is 24.9. The van der Waals surface area contributed by atoms with Crippen LogP contribution in [-0.2, 0) is 4.79 Å². The number of nitrogens with zero attached hydrogens (tertiary/aromatic N) is 1.